The maximum atomic E-state index is 12.0. The molecule has 3 unspecified atom stereocenters. The summed E-state index contributed by atoms with van der Waals surface area (Å²) in [5.74, 6) is -0.531. The number of Topliss-reactive ketones (excluding diaryl/α,β-unsaturated/α-hetero) is 1. The van der Waals surface area contributed by atoms with Gasteiger partial charge in [0.25, 0.3) is 10.1 Å². The van der Waals surface area contributed by atoms with Gasteiger partial charge >= 0.3 is 0 Å². The van der Waals surface area contributed by atoms with Gasteiger partial charge in [0.15, 0.2) is 5.78 Å². The molecule has 0 heterocycles. The number of carbonyl (C=O) groups is 1. The summed E-state index contributed by atoms with van der Waals surface area (Å²) in [5.41, 5.74) is -0.914. The van der Waals surface area contributed by atoms with Crippen LogP contribution >= 0.6 is 12.4 Å². The summed E-state index contributed by atoms with van der Waals surface area (Å²) in [6.45, 7) is 5.67. The number of carbonyl (C=O) groups excluding carboxylic acids is 1. The Morgan fingerprint density at radius 3 is 2.06 bits per heavy atom. The van der Waals surface area contributed by atoms with Gasteiger partial charge in [-0.05, 0) is 24.2 Å². The lowest BCUT2D eigenvalue weighted by Crippen LogP contribution is -2.38. The number of rotatable bonds is 1. The molecule has 0 aliphatic heterocycles. The second-order valence-electron chi connectivity index (χ2n) is 5.50. The van der Waals surface area contributed by atoms with Gasteiger partial charge in [-0.3, -0.25) is 9.35 Å². The Morgan fingerprint density at radius 1 is 1.31 bits per heavy atom. The van der Waals surface area contributed by atoms with Gasteiger partial charge in [-0.15, -0.1) is 12.4 Å². The molecular formula is C10H17ClO4S. The van der Waals surface area contributed by atoms with Crippen molar-refractivity contribution >= 4 is 28.3 Å². The van der Waals surface area contributed by atoms with Crippen molar-refractivity contribution in [1.82, 2.24) is 0 Å². The second-order valence-corrected chi connectivity index (χ2v) is 7.04. The van der Waals surface area contributed by atoms with Crippen molar-refractivity contribution in [1.29, 1.82) is 0 Å². The maximum Gasteiger partial charge on any atom is 0.275 e. The minimum absolute atomic E-state index is 0. The molecule has 2 fully saturated rings. The average molecular weight is 269 g/mol. The summed E-state index contributed by atoms with van der Waals surface area (Å²) in [5, 5.41) is -1.19. The molecule has 0 aromatic heterocycles. The molecule has 0 amide bonds. The molecule has 0 aromatic rings. The monoisotopic (exact) mass is 268 g/mol. The molecule has 0 spiro atoms. The van der Waals surface area contributed by atoms with E-state index < -0.39 is 20.8 Å². The number of halogens is 1. The third kappa shape index (κ3) is 1.38. The van der Waals surface area contributed by atoms with Crippen molar-refractivity contribution in [2.24, 2.45) is 16.7 Å². The Balaban J connectivity index is 0.00000128. The standard InChI is InChI=1S/C10H16O4S.ClH/c1-9(2)6-4-5-10(9,3)8(11)7(6)15(12,13)14;/h6-7H,4-5H2,1-3H3,(H,12,13,14);1H. The van der Waals surface area contributed by atoms with Crippen molar-refractivity contribution in [3.05, 3.63) is 0 Å². The summed E-state index contributed by atoms with van der Waals surface area (Å²) in [4.78, 5) is 12.0. The molecule has 16 heavy (non-hydrogen) atoms. The highest BCUT2D eigenvalue weighted by molar-refractivity contribution is 7.87. The molecular weight excluding hydrogens is 252 g/mol. The number of hydrogen-bond acceptors (Lipinski definition) is 3. The normalized spacial score (nSPS) is 40.9. The number of ketones is 1. The highest BCUT2D eigenvalue weighted by Crippen LogP contribution is 2.64. The summed E-state index contributed by atoms with van der Waals surface area (Å²) < 4.78 is 31.5. The highest BCUT2D eigenvalue weighted by Gasteiger charge is 2.69. The highest BCUT2D eigenvalue weighted by atomic mass is 35.5. The predicted molar refractivity (Wildman–Crippen MR) is 62.2 cm³/mol. The van der Waals surface area contributed by atoms with Crippen molar-refractivity contribution < 1.29 is 17.8 Å². The van der Waals surface area contributed by atoms with Crippen molar-refractivity contribution in [3.8, 4) is 0 Å². The molecule has 2 bridgehead atoms. The quantitative estimate of drug-likeness (QED) is 0.735. The first-order chi connectivity index (χ1) is 6.62. The number of fused-ring (bicyclic) bond motifs is 2. The van der Waals surface area contributed by atoms with Crippen LogP contribution in [-0.2, 0) is 14.9 Å². The molecule has 3 atom stereocenters. The molecule has 94 valence electrons. The lowest BCUT2D eigenvalue weighted by molar-refractivity contribution is -0.128. The van der Waals surface area contributed by atoms with E-state index in [9.17, 15) is 13.2 Å². The van der Waals surface area contributed by atoms with E-state index in [0.717, 1.165) is 6.42 Å². The molecule has 1 N–H and O–H groups in total. The van der Waals surface area contributed by atoms with E-state index in [-0.39, 0.29) is 29.5 Å². The SMILES string of the molecule is CC12CCC(C(S(=O)(=O)O)C1=O)C2(C)C.Cl. The van der Waals surface area contributed by atoms with Gasteiger partial charge in [-0.1, -0.05) is 20.8 Å². The molecule has 0 saturated heterocycles. The lowest BCUT2D eigenvalue weighted by Gasteiger charge is -2.32. The summed E-state index contributed by atoms with van der Waals surface area (Å²) >= 11 is 0. The first kappa shape index (κ1) is 13.9. The molecule has 2 aliphatic rings. The zero-order chi connectivity index (χ0) is 11.6. The van der Waals surface area contributed by atoms with E-state index >= 15 is 0 Å². The van der Waals surface area contributed by atoms with E-state index in [4.69, 9.17) is 4.55 Å². The fraction of sp³-hybridized carbons (Fsp3) is 0.900. The topological polar surface area (TPSA) is 71.4 Å². The molecule has 2 saturated carbocycles. The molecule has 4 nitrogen and oxygen atoms in total. The summed E-state index contributed by atoms with van der Waals surface area (Å²) in [6, 6.07) is 0. The first-order valence-corrected chi connectivity index (χ1v) is 6.63. The lowest BCUT2D eigenvalue weighted by atomic mass is 9.70. The first-order valence-electron chi connectivity index (χ1n) is 5.13. The Labute approximate surface area is 102 Å². The van der Waals surface area contributed by atoms with E-state index in [2.05, 4.69) is 0 Å². The van der Waals surface area contributed by atoms with Crippen molar-refractivity contribution in [3.63, 3.8) is 0 Å². The Hall–Kier alpha value is -0.130. The largest absolute Gasteiger partial charge is 0.297 e. The second kappa shape index (κ2) is 3.43. The van der Waals surface area contributed by atoms with E-state index in [1.165, 1.54) is 0 Å². The van der Waals surface area contributed by atoms with Gasteiger partial charge < -0.3 is 0 Å². The maximum absolute atomic E-state index is 12.0. The van der Waals surface area contributed by atoms with E-state index in [1.807, 2.05) is 20.8 Å². The molecule has 6 heteroatoms. The van der Waals surface area contributed by atoms with Crippen LogP contribution in [0.5, 0.6) is 0 Å². The van der Waals surface area contributed by atoms with Crippen LogP contribution in [-0.4, -0.2) is 24.0 Å². The summed E-state index contributed by atoms with van der Waals surface area (Å²) in [7, 11) is -4.24. The minimum atomic E-state index is -4.24. The molecule has 0 radical (unpaired) electrons. The van der Waals surface area contributed by atoms with Crippen molar-refractivity contribution in [2.75, 3.05) is 0 Å². The Kier molecular flexibility index (Phi) is 2.99. The third-order valence-corrected chi connectivity index (χ3v) is 5.98. The van der Waals surface area contributed by atoms with Gasteiger partial charge in [-0.2, -0.15) is 8.42 Å². The predicted octanol–water partition coefficient (Wildman–Crippen LogP) is 1.69. The van der Waals surface area contributed by atoms with Crippen LogP contribution in [0.2, 0.25) is 0 Å². The Morgan fingerprint density at radius 2 is 1.81 bits per heavy atom. The van der Waals surface area contributed by atoms with E-state index in [1.54, 1.807) is 0 Å². The molecule has 0 aromatic carbocycles. The van der Waals surface area contributed by atoms with Crippen LogP contribution in [0.25, 0.3) is 0 Å². The van der Waals surface area contributed by atoms with Gasteiger partial charge in [0.1, 0.15) is 5.25 Å². The van der Waals surface area contributed by atoms with Crippen molar-refractivity contribution in [2.45, 2.75) is 38.9 Å². The molecule has 2 rings (SSSR count). The zero-order valence-electron chi connectivity index (χ0n) is 9.56. The fourth-order valence-corrected chi connectivity index (χ4v) is 4.77. The van der Waals surface area contributed by atoms with Gasteiger partial charge in [-0.25, -0.2) is 0 Å². The fourth-order valence-electron chi connectivity index (χ4n) is 3.35. The zero-order valence-corrected chi connectivity index (χ0v) is 11.2. The van der Waals surface area contributed by atoms with Crippen LogP contribution < -0.4 is 0 Å². The molecule has 2 aliphatic carbocycles. The van der Waals surface area contributed by atoms with E-state index in [0.29, 0.717) is 6.42 Å². The van der Waals surface area contributed by atoms with Crippen LogP contribution in [0.4, 0.5) is 0 Å². The van der Waals surface area contributed by atoms with Crippen LogP contribution in [0.1, 0.15) is 33.6 Å². The average Bonchev–Trinajstić information content (AvgIpc) is 2.33. The van der Waals surface area contributed by atoms with Crippen LogP contribution in [0.3, 0.4) is 0 Å². The third-order valence-electron chi connectivity index (χ3n) is 4.79. The van der Waals surface area contributed by atoms with Gasteiger partial charge in [0.05, 0.1) is 0 Å². The number of hydrogen-bond donors (Lipinski definition) is 1. The van der Waals surface area contributed by atoms with Crippen LogP contribution in [0.15, 0.2) is 0 Å². The van der Waals surface area contributed by atoms with Gasteiger partial charge in [0, 0.05) is 5.41 Å². The summed E-state index contributed by atoms with van der Waals surface area (Å²) in [6.07, 6.45) is 1.44. The minimum Gasteiger partial charge on any atom is -0.297 e. The smallest absolute Gasteiger partial charge is 0.275 e. The Bertz CT molecular complexity index is 428. The van der Waals surface area contributed by atoms with Gasteiger partial charge in [0.2, 0.25) is 0 Å². The van der Waals surface area contributed by atoms with Crippen LogP contribution in [0, 0.1) is 16.7 Å².